The number of fused-ring (bicyclic) bond motifs is 1. The van der Waals surface area contributed by atoms with Gasteiger partial charge in [0.25, 0.3) is 0 Å². The minimum atomic E-state index is -0.723. The van der Waals surface area contributed by atoms with Gasteiger partial charge in [-0.15, -0.1) is 0 Å². The second-order valence-corrected chi connectivity index (χ2v) is 5.91. The van der Waals surface area contributed by atoms with Gasteiger partial charge in [-0.3, -0.25) is 0 Å². The average Bonchev–Trinajstić information content (AvgIpc) is 2.99. The normalized spacial score (nSPS) is 10.7. The molecule has 1 aromatic carbocycles. The third-order valence-corrected chi connectivity index (χ3v) is 3.81. The maximum atomic E-state index is 8.29. The van der Waals surface area contributed by atoms with Crippen molar-refractivity contribution in [2.75, 3.05) is 0 Å². The van der Waals surface area contributed by atoms with Crippen molar-refractivity contribution in [2.45, 2.75) is 13.0 Å². The van der Waals surface area contributed by atoms with E-state index in [0.29, 0.717) is 5.82 Å². The molecule has 0 saturated carbocycles. The van der Waals surface area contributed by atoms with Crippen molar-refractivity contribution in [2.24, 2.45) is 5.11 Å². The lowest BCUT2D eigenvalue weighted by atomic mass is 8.53. The molecule has 0 fully saturated rings. The zero-order valence-corrected chi connectivity index (χ0v) is 14.6. The topological polar surface area (TPSA) is 77.4 Å². The minimum absolute atomic E-state index is 0.257. The summed E-state index contributed by atoms with van der Waals surface area (Å²) in [5, 5.41) is 3.58. The van der Waals surface area contributed by atoms with Gasteiger partial charge in [-0.05, 0) is 24.6 Å². The highest BCUT2D eigenvalue weighted by Crippen LogP contribution is 2.17. The molecule has 0 aliphatic carbocycles. The molecule has 0 spiro atoms. The third kappa shape index (κ3) is 6.50. The molecular formula is C9H9B12N5. The van der Waals surface area contributed by atoms with Crippen molar-refractivity contribution < 1.29 is 0 Å². The first kappa shape index (κ1) is 22.8. The Kier molecular flexibility index (Phi) is 9.49. The maximum absolute atomic E-state index is 8.29. The number of hydrogen-bond acceptors (Lipinski definition) is 2. The van der Waals surface area contributed by atoms with E-state index in [4.69, 9.17) is 59.7 Å². The zero-order valence-electron chi connectivity index (χ0n) is 14.6. The molecule has 1 atom stereocenters. The van der Waals surface area contributed by atoms with E-state index in [-0.39, 0.29) is 6.04 Å². The SMILES string of the molecule is CC(N=[N+]=[N-])c1nc2ccccc2[nH]1.[B]B([B])B([B])B(B([B])[B])B([B])[B]. The van der Waals surface area contributed by atoms with E-state index in [1.807, 2.05) is 24.3 Å². The van der Waals surface area contributed by atoms with Gasteiger partial charge < -0.3 is 4.98 Å². The van der Waals surface area contributed by atoms with Gasteiger partial charge in [0.05, 0.1) is 17.1 Å². The van der Waals surface area contributed by atoms with Crippen LogP contribution in [0.3, 0.4) is 0 Å². The first-order valence-electron chi connectivity index (χ1n) is 7.97. The predicted molar refractivity (Wildman–Crippen MR) is 123 cm³/mol. The van der Waals surface area contributed by atoms with Crippen LogP contribution in [-0.2, 0) is 0 Å². The van der Waals surface area contributed by atoms with Gasteiger partial charge in [0.2, 0.25) is 0 Å². The maximum Gasteiger partial charge on any atom is 0.115 e. The van der Waals surface area contributed by atoms with Gasteiger partial charge in [-0.25, -0.2) is 4.98 Å². The molecular weight excluding hydrogens is 308 g/mol. The highest BCUT2D eigenvalue weighted by Gasteiger charge is 2.30. The highest BCUT2D eigenvalue weighted by atomic mass is 15.2. The Morgan fingerprint density at radius 3 is 2.04 bits per heavy atom. The average molecular weight is 317 g/mol. The fraction of sp³-hybridized carbons (Fsp3) is 0.222. The number of para-hydroxylation sites is 2. The summed E-state index contributed by atoms with van der Waals surface area (Å²) in [5.41, 5.74) is 10.1. The van der Waals surface area contributed by atoms with Gasteiger partial charge in [-0.2, -0.15) is 0 Å². The number of aromatic amines is 1. The summed E-state index contributed by atoms with van der Waals surface area (Å²) in [6.45, 7) is 1.80. The van der Waals surface area contributed by atoms with Crippen molar-refractivity contribution in [3.8, 4) is 0 Å². The van der Waals surface area contributed by atoms with Crippen LogP contribution in [0.15, 0.2) is 29.4 Å². The smallest absolute Gasteiger partial charge is 0.115 e. The van der Waals surface area contributed by atoms with E-state index in [1.165, 1.54) is 0 Å². The molecule has 2 rings (SSSR count). The summed E-state index contributed by atoms with van der Waals surface area (Å²) in [7, 11) is 37.9. The van der Waals surface area contributed by atoms with Gasteiger partial charge in [0.15, 0.2) is 0 Å². The van der Waals surface area contributed by atoms with Crippen molar-refractivity contribution in [1.82, 2.24) is 9.97 Å². The Hall–Kier alpha value is -1.22. The molecule has 0 aliphatic heterocycles. The summed E-state index contributed by atoms with van der Waals surface area (Å²) in [5.74, 6) is 0.698. The molecule has 26 heavy (non-hydrogen) atoms. The monoisotopic (exact) mass is 319 g/mol. The van der Waals surface area contributed by atoms with E-state index in [0.717, 1.165) is 11.0 Å². The fourth-order valence-corrected chi connectivity index (χ4v) is 2.33. The molecule has 0 bridgehead atoms. The van der Waals surface area contributed by atoms with Gasteiger partial charge >= 0.3 is 0 Å². The summed E-state index contributed by atoms with van der Waals surface area (Å²) in [4.78, 5) is 10.2. The molecule has 0 saturated heterocycles. The van der Waals surface area contributed by atoms with E-state index < -0.39 is 31.9 Å². The molecule has 1 heterocycles. The second-order valence-electron chi connectivity index (χ2n) is 5.91. The Labute approximate surface area is 165 Å². The van der Waals surface area contributed by atoms with Crippen LogP contribution in [0.5, 0.6) is 0 Å². The second kappa shape index (κ2) is 10.8. The number of azide groups is 1. The summed E-state index contributed by atoms with van der Waals surface area (Å²) < 4.78 is 0. The van der Waals surface area contributed by atoms with Crippen LogP contribution in [-0.4, -0.2) is 96.1 Å². The number of aromatic nitrogens is 2. The lowest BCUT2D eigenvalue weighted by Crippen LogP contribution is -2.67. The zero-order chi connectivity index (χ0) is 19.9. The molecule has 106 valence electrons. The van der Waals surface area contributed by atoms with Gasteiger partial charge in [0, 0.05) is 91.0 Å². The molecule has 5 nitrogen and oxygen atoms in total. The number of nitrogens with zero attached hydrogens (tertiary/aromatic N) is 4. The Bertz CT molecular complexity index is 690. The number of nitrogens with one attached hydrogen (secondary N) is 1. The van der Waals surface area contributed by atoms with Crippen LogP contribution >= 0.6 is 0 Å². The van der Waals surface area contributed by atoms with Crippen molar-refractivity contribution in [3.05, 3.63) is 40.5 Å². The third-order valence-electron chi connectivity index (χ3n) is 3.81. The first-order valence-corrected chi connectivity index (χ1v) is 7.97. The highest BCUT2D eigenvalue weighted by molar-refractivity contribution is 8.05. The molecule has 0 amide bonds. The molecule has 14 radical (unpaired) electrons. The van der Waals surface area contributed by atoms with Crippen LogP contribution in [0.1, 0.15) is 18.8 Å². The van der Waals surface area contributed by atoms with E-state index in [2.05, 4.69) is 20.0 Å². The largest absolute Gasteiger partial charge is 0.342 e. The number of hydrogen-bond donors (Lipinski definition) is 1. The molecule has 1 N–H and O–H groups in total. The quantitative estimate of drug-likeness (QED) is 0.295. The fourth-order valence-electron chi connectivity index (χ4n) is 2.33. The van der Waals surface area contributed by atoms with Crippen molar-refractivity contribution in [3.63, 3.8) is 0 Å². The van der Waals surface area contributed by atoms with Gasteiger partial charge in [-0.1, -0.05) is 17.2 Å². The standard InChI is InChI=1S/C9H9N5.B12/c1-6(13-14-10)9-11-7-4-2-3-5-8(7)12-9;1-8(2)11(7)12(9(3)4)10(5)6/h2-6H,1H3,(H,11,12);. The van der Waals surface area contributed by atoms with Crippen LogP contribution < -0.4 is 0 Å². The number of rotatable bonds is 6. The summed E-state index contributed by atoms with van der Waals surface area (Å²) in [6.07, 6.45) is -3.22. The Balaban J connectivity index is 0.000000265. The molecule has 1 unspecified atom stereocenters. The lowest BCUT2D eigenvalue weighted by Gasteiger charge is -2.29. The predicted octanol–water partition coefficient (Wildman–Crippen LogP) is -1.64. The van der Waals surface area contributed by atoms with Crippen LogP contribution in [0.25, 0.3) is 21.5 Å². The van der Waals surface area contributed by atoms with Crippen LogP contribution in [0.2, 0.25) is 0 Å². The van der Waals surface area contributed by atoms with E-state index >= 15 is 0 Å². The first-order chi connectivity index (χ1) is 12.2. The number of benzene rings is 1. The Morgan fingerprint density at radius 1 is 1.04 bits per heavy atom. The summed E-state index contributed by atoms with van der Waals surface area (Å²) >= 11 is 0. The van der Waals surface area contributed by atoms with E-state index in [9.17, 15) is 0 Å². The minimum Gasteiger partial charge on any atom is -0.342 e. The molecule has 0 aliphatic rings. The van der Waals surface area contributed by atoms with E-state index in [1.54, 1.807) is 6.92 Å². The number of H-pyrrole nitrogens is 1. The Morgan fingerprint density at radius 2 is 1.62 bits per heavy atom. The van der Waals surface area contributed by atoms with Crippen LogP contribution in [0, 0.1) is 0 Å². The van der Waals surface area contributed by atoms with Gasteiger partial charge in [0.1, 0.15) is 5.82 Å². The van der Waals surface area contributed by atoms with Crippen molar-refractivity contribution in [1.29, 1.82) is 0 Å². The van der Waals surface area contributed by atoms with Crippen LogP contribution in [0.4, 0.5) is 0 Å². The number of imidazole rings is 1. The molecule has 17 heteroatoms. The molecule has 2 aromatic rings. The lowest BCUT2D eigenvalue weighted by molar-refractivity contribution is 0.752. The molecule has 1 aromatic heterocycles. The van der Waals surface area contributed by atoms with Crippen molar-refractivity contribution >= 4 is 97.1 Å². The summed E-state index contributed by atoms with van der Waals surface area (Å²) in [6, 6.07) is 7.45.